The Morgan fingerprint density at radius 2 is 1.74 bits per heavy atom. The van der Waals surface area contributed by atoms with E-state index in [-0.39, 0.29) is 0 Å². The molecule has 0 heterocycles. The molecule has 1 N–H and O–H groups in total. The van der Waals surface area contributed by atoms with Gasteiger partial charge in [-0.1, -0.05) is 30.0 Å². The van der Waals surface area contributed by atoms with E-state index in [1.807, 2.05) is 43.3 Å². The molecule has 0 aliphatic rings. The first kappa shape index (κ1) is 17.7. The van der Waals surface area contributed by atoms with Crippen LogP contribution in [0.5, 0.6) is 0 Å². The van der Waals surface area contributed by atoms with Gasteiger partial charge in [0.15, 0.2) is 0 Å². The fourth-order valence-corrected chi connectivity index (χ4v) is 3.30. The molecule has 6 heteroatoms. The monoisotopic (exact) mass is 340 g/mol. The molecule has 0 saturated carbocycles. The minimum atomic E-state index is -4.34. The van der Waals surface area contributed by atoms with Gasteiger partial charge in [0.1, 0.15) is 0 Å². The smallest absolute Gasteiger partial charge is 0.387 e. The van der Waals surface area contributed by atoms with Crippen LogP contribution in [0.25, 0.3) is 0 Å². The summed E-state index contributed by atoms with van der Waals surface area (Å²) < 4.78 is 38.9. The molecule has 2 nitrogen and oxygen atoms in total. The van der Waals surface area contributed by atoms with Crippen LogP contribution in [-0.2, 0) is 12.7 Å². The average molecular weight is 340 g/mol. The van der Waals surface area contributed by atoms with E-state index in [9.17, 15) is 13.2 Å². The van der Waals surface area contributed by atoms with E-state index in [1.54, 1.807) is 7.05 Å². The van der Waals surface area contributed by atoms with E-state index >= 15 is 0 Å². The SMILES string of the molecule is CNc1ccc(C(F)(F)F)cc1Sc1ccccc1CN(C)C. The van der Waals surface area contributed by atoms with Gasteiger partial charge in [0.2, 0.25) is 0 Å². The average Bonchev–Trinajstić information content (AvgIpc) is 2.47. The highest BCUT2D eigenvalue weighted by molar-refractivity contribution is 7.99. The Morgan fingerprint density at radius 3 is 2.35 bits per heavy atom. The lowest BCUT2D eigenvalue weighted by atomic mass is 10.2. The summed E-state index contributed by atoms with van der Waals surface area (Å²) in [6.07, 6.45) is -4.34. The fraction of sp³-hybridized carbons (Fsp3) is 0.294. The van der Waals surface area contributed by atoms with Crippen LogP contribution in [0.4, 0.5) is 18.9 Å². The Morgan fingerprint density at radius 1 is 1.04 bits per heavy atom. The molecule has 0 fully saturated rings. The lowest BCUT2D eigenvalue weighted by Gasteiger charge is -2.16. The summed E-state index contributed by atoms with van der Waals surface area (Å²) in [5, 5.41) is 2.96. The maximum atomic E-state index is 13.0. The van der Waals surface area contributed by atoms with Crippen LogP contribution >= 0.6 is 11.8 Å². The van der Waals surface area contributed by atoms with Crippen molar-refractivity contribution in [2.75, 3.05) is 26.5 Å². The Balaban J connectivity index is 2.39. The molecule has 0 aliphatic heterocycles. The highest BCUT2D eigenvalue weighted by Crippen LogP contribution is 2.39. The van der Waals surface area contributed by atoms with Crippen molar-refractivity contribution in [1.29, 1.82) is 0 Å². The molecule has 2 aromatic rings. The maximum absolute atomic E-state index is 13.0. The number of anilines is 1. The number of halogens is 3. The van der Waals surface area contributed by atoms with E-state index < -0.39 is 11.7 Å². The number of hydrogen-bond acceptors (Lipinski definition) is 3. The lowest BCUT2D eigenvalue weighted by Crippen LogP contribution is -2.11. The summed E-state index contributed by atoms with van der Waals surface area (Å²) in [7, 11) is 5.63. The molecule has 23 heavy (non-hydrogen) atoms. The summed E-state index contributed by atoms with van der Waals surface area (Å²) in [4.78, 5) is 3.55. The second kappa shape index (κ2) is 7.27. The number of nitrogens with one attached hydrogen (secondary N) is 1. The van der Waals surface area contributed by atoms with Gasteiger partial charge in [-0.25, -0.2) is 0 Å². The van der Waals surface area contributed by atoms with E-state index in [4.69, 9.17) is 0 Å². The van der Waals surface area contributed by atoms with Crippen LogP contribution in [0.15, 0.2) is 52.3 Å². The van der Waals surface area contributed by atoms with E-state index in [1.165, 1.54) is 23.9 Å². The van der Waals surface area contributed by atoms with Crippen molar-refractivity contribution in [1.82, 2.24) is 4.90 Å². The van der Waals surface area contributed by atoms with Crippen molar-refractivity contribution >= 4 is 17.4 Å². The zero-order valence-corrected chi connectivity index (χ0v) is 14.1. The first-order valence-electron chi connectivity index (χ1n) is 7.10. The van der Waals surface area contributed by atoms with Crippen LogP contribution in [0.1, 0.15) is 11.1 Å². The van der Waals surface area contributed by atoms with Crippen LogP contribution in [0.2, 0.25) is 0 Å². The molecule has 0 spiro atoms. The van der Waals surface area contributed by atoms with Crippen LogP contribution in [-0.4, -0.2) is 26.0 Å². The highest BCUT2D eigenvalue weighted by atomic mass is 32.2. The van der Waals surface area contributed by atoms with Gasteiger partial charge in [-0.15, -0.1) is 0 Å². The Hall–Kier alpha value is -1.66. The Bertz CT molecular complexity index is 669. The second-order valence-electron chi connectivity index (χ2n) is 5.41. The van der Waals surface area contributed by atoms with Crippen molar-refractivity contribution in [2.24, 2.45) is 0 Å². The van der Waals surface area contributed by atoms with Gasteiger partial charge < -0.3 is 10.2 Å². The molecule has 2 rings (SSSR count). The molecule has 124 valence electrons. The summed E-state index contributed by atoms with van der Waals surface area (Å²) in [6, 6.07) is 11.5. The number of benzene rings is 2. The Kier molecular flexibility index (Phi) is 5.59. The normalized spacial score (nSPS) is 11.8. The first-order valence-corrected chi connectivity index (χ1v) is 7.92. The molecule has 0 unspecified atom stereocenters. The lowest BCUT2D eigenvalue weighted by molar-refractivity contribution is -0.137. The van der Waals surface area contributed by atoms with Crippen LogP contribution < -0.4 is 5.32 Å². The van der Waals surface area contributed by atoms with Crippen LogP contribution in [0.3, 0.4) is 0 Å². The molecule has 0 aliphatic carbocycles. The Labute approximate surface area is 138 Å². The first-order chi connectivity index (χ1) is 10.8. The van der Waals surface area contributed by atoms with Crippen molar-refractivity contribution in [2.45, 2.75) is 22.5 Å². The molecule has 0 radical (unpaired) electrons. The predicted octanol–water partition coefficient (Wildman–Crippen LogP) is 4.96. The zero-order chi connectivity index (χ0) is 17.0. The molecule has 0 bridgehead atoms. The van der Waals surface area contributed by atoms with Gasteiger partial charge >= 0.3 is 6.18 Å². The van der Waals surface area contributed by atoms with Crippen molar-refractivity contribution in [3.63, 3.8) is 0 Å². The van der Waals surface area contributed by atoms with Crippen molar-refractivity contribution in [3.05, 3.63) is 53.6 Å². The summed E-state index contributed by atoms with van der Waals surface area (Å²) >= 11 is 1.35. The van der Waals surface area contributed by atoms with E-state index in [0.29, 0.717) is 10.6 Å². The quantitative estimate of drug-likeness (QED) is 0.828. The van der Waals surface area contributed by atoms with Gasteiger partial charge in [0, 0.05) is 29.1 Å². The number of rotatable bonds is 5. The minimum absolute atomic E-state index is 0.563. The van der Waals surface area contributed by atoms with Gasteiger partial charge in [-0.05, 0) is 43.9 Å². The predicted molar refractivity (Wildman–Crippen MR) is 88.9 cm³/mol. The highest BCUT2D eigenvalue weighted by Gasteiger charge is 2.31. The van der Waals surface area contributed by atoms with Gasteiger partial charge in [-0.2, -0.15) is 13.2 Å². The third-order valence-corrected chi connectivity index (χ3v) is 4.43. The molecular weight excluding hydrogens is 321 g/mol. The minimum Gasteiger partial charge on any atom is -0.387 e. The second-order valence-corrected chi connectivity index (χ2v) is 6.49. The summed E-state index contributed by atoms with van der Waals surface area (Å²) in [6.45, 7) is 0.733. The van der Waals surface area contributed by atoms with Gasteiger partial charge in [0.05, 0.1) is 5.56 Å². The van der Waals surface area contributed by atoms with Crippen molar-refractivity contribution in [3.8, 4) is 0 Å². The zero-order valence-electron chi connectivity index (χ0n) is 13.2. The third kappa shape index (κ3) is 4.65. The number of hydrogen-bond donors (Lipinski definition) is 1. The molecule has 0 amide bonds. The molecule has 0 atom stereocenters. The largest absolute Gasteiger partial charge is 0.416 e. The topological polar surface area (TPSA) is 15.3 Å². The summed E-state index contributed by atoms with van der Waals surface area (Å²) in [5.41, 5.74) is 1.13. The van der Waals surface area contributed by atoms with Gasteiger partial charge in [-0.3, -0.25) is 0 Å². The van der Waals surface area contributed by atoms with Crippen molar-refractivity contribution < 1.29 is 13.2 Å². The molecular formula is C17H19F3N2S. The van der Waals surface area contributed by atoms with E-state index in [0.717, 1.165) is 23.1 Å². The molecule has 0 saturated heterocycles. The number of alkyl halides is 3. The number of nitrogens with zero attached hydrogens (tertiary/aromatic N) is 1. The molecule has 0 aromatic heterocycles. The summed E-state index contributed by atoms with van der Waals surface area (Å²) in [5.74, 6) is 0. The van der Waals surface area contributed by atoms with Crippen LogP contribution in [0, 0.1) is 0 Å². The standard InChI is InChI=1S/C17H19F3N2S/c1-21-14-9-8-13(17(18,19)20)10-16(14)23-15-7-5-4-6-12(15)11-22(2)3/h4-10,21H,11H2,1-3H3. The third-order valence-electron chi connectivity index (χ3n) is 3.26. The van der Waals surface area contributed by atoms with Gasteiger partial charge in [0.25, 0.3) is 0 Å². The van der Waals surface area contributed by atoms with E-state index in [2.05, 4.69) is 5.32 Å². The maximum Gasteiger partial charge on any atom is 0.416 e. The fourth-order valence-electron chi connectivity index (χ4n) is 2.18. The molecule has 2 aromatic carbocycles.